The fourth-order valence-electron chi connectivity index (χ4n) is 2.43. The highest BCUT2D eigenvalue weighted by Crippen LogP contribution is 2.32. The van der Waals surface area contributed by atoms with E-state index < -0.39 is 0 Å². The minimum Gasteiger partial charge on any atom is -0.384 e. The van der Waals surface area contributed by atoms with Crippen LogP contribution in [0.2, 0.25) is 0 Å². The van der Waals surface area contributed by atoms with E-state index in [0.29, 0.717) is 0 Å². The van der Waals surface area contributed by atoms with Gasteiger partial charge in [0.15, 0.2) is 0 Å². The quantitative estimate of drug-likeness (QED) is 0.876. The third-order valence-electron chi connectivity index (χ3n) is 3.20. The van der Waals surface area contributed by atoms with E-state index in [1.807, 2.05) is 10.9 Å². The molecule has 4 nitrogen and oxygen atoms in total. The summed E-state index contributed by atoms with van der Waals surface area (Å²) in [5, 5.41) is 11.6. The maximum absolute atomic E-state index is 4.15. The molecule has 2 heterocycles. The van der Waals surface area contributed by atoms with Crippen LogP contribution in [0, 0.1) is 0 Å². The van der Waals surface area contributed by atoms with Crippen molar-refractivity contribution in [2.45, 2.75) is 26.3 Å². The van der Waals surface area contributed by atoms with Crippen LogP contribution in [0.15, 0.2) is 24.4 Å². The van der Waals surface area contributed by atoms with Crippen molar-refractivity contribution in [1.29, 1.82) is 0 Å². The van der Waals surface area contributed by atoms with Crippen molar-refractivity contribution in [3.8, 4) is 11.3 Å². The molecule has 1 N–H and O–H groups in total. The summed E-state index contributed by atoms with van der Waals surface area (Å²) in [6.45, 7) is 4.11. The molecule has 0 saturated heterocycles. The molecule has 0 spiro atoms. The molecule has 1 aromatic carbocycles. The Kier molecular flexibility index (Phi) is 2.55. The molecule has 0 amide bonds. The van der Waals surface area contributed by atoms with Crippen LogP contribution < -0.4 is 5.32 Å². The molecule has 0 aliphatic carbocycles. The first-order valence-electron chi connectivity index (χ1n) is 6.14. The predicted molar refractivity (Wildman–Crippen MR) is 67.9 cm³/mol. The summed E-state index contributed by atoms with van der Waals surface area (Å²) < 4.78 is 1.99. The molecule has 1 aliphatic heterocycles. The van der Waals surface area contributed by atoms with Crippen LogP contribution in [0.4, 0.5) is 5.69 Å². The summed E-state index contributed by atoms with van der Waals surface area (Å²) in [4.78, 5) is 0. The number of aryl methyl sites for hydroxylation is 1. The summed E-state index contributed by atoms with van der Waals surface area (Å²) in [6, 6.07) is 6.40. The van der Waals surface area contributed by atoms with Crippen LogP contribution in [0.1, 0.15) is 18.9 Å². The SMILES string of the molecule is CCCn1nncc1-c1cccc2c1CCN2. The normalized spacial score (nSPS) is 13.5. The fraction of sp³-hybridized carbons (Fsp3) is 0.385. The minimum atomic E-state index is 0.923. The van der Waals surface area contributed by atoms with E-state index in [2.05, 4.69) is 40.8 Å². The Morgan fingerprint density at radius 1 is 1.41 bits per heavy atom. The highest BCUT2D eigenvalue weighted by molar-refractivity contribution is 5.73. The van der Waals surface area contributed by atoms with Gasteiger partial charge < -0.3 is 5.32 Å². The van der Waals surface area contributed by atoms with Gasteiger partial charge in [-0.1, -0.05) is 24.3 Å². The smallest absolute Gasteiger partial charge is 0.0889 e. The molecule has 0 saturated carbocycles. The molecule has 3 rings (SSSR count). The average Bonchev–Trinajstić information content (AvgIpc) is 2.96. The molecular formula is C13H16N4. The summed E-state index contributed by atoms with van der Waals surface area (Å²) in [7, 11) is 0. The average molecular weight is 228 g/mol. The highest BCUT2D eigenvalue weighted by Gasteiger charge is 2.17. The van der Waals surface area contributed by atoms with E-state index in [4.69, 9.17) is 0 Å². The van der Waals surface area contributed by atoms with Gasteiger partial charge in [0.1, 0.15) is 0 Å². The maximum atomic E-state index is 4.15. The van der Waals surface area contributed by atoms with Crippen molar-refractivity contribution in [2.75, 3.05) is 11.9 Å². The summed E-state index contributed by atoms with van der Waals surface area (Å²) in [6.07, 6.45) is 4.02. The zero-order valence-electron chi connectivity index (χ0n) is 9.98. The Hall–Kier alpha value is -1.84. The van der Waals surface area contributed by atoms with E-state index in [0.717, 1.165) is 31.6 Å². The van der Waals surface area contributed by atoms with E-state index in [1.165, 1.54) is 16.8 Å². The number of benzene rings is 1. The molecule has 0 bridgehead atoms. The second kappa shape index (κ2) is 4.20. The molecule has 0 atom stereocenters. The van der Waals surface area contributed by atoms with Crippen LogP contribution in [-0.2, 0) is 13.0 Å². The van der Waals surface area contributed by atoms with E-state index >= 15 is 0 Å². The molecule has 0 unspecified atom stereocenters. The zero-order valence-corrected chi connectivity index (χ0v) is 9.98. The Bertz CT molecular complexity index is 530. The number of nitrogens with one attached hydrogen (secondary N) is 1. The number of nitrogens with zero attached hydrogens (tertiary/aromatic N) is 3. The molecule has 1 aromatic heterocycles. The lowest BCUT2D eigenvalue weighted by molar-refractivity contribution is 0.584. The third kappa shape index (κ3) is 1.69. The molecule has 0 radical (unpaired) electrons. The fourth-order valence-corrected chi connectivity index (χ4v) is 2.43. The lowest BCUT2D eigenvalue weighted by Gasteiger charge is -2.09. The Morgan fingerprint density at radius 3 is 3.24 bits per heavy atom. The standard InChI is InChI=1S/C13H16N4/c1-2-8-17-13(9-15-16-17)11-4-3-5-12-10(11)6-7-14-12/h3-5,9,14H,2,6-8H2,1H3. The van der Waals surface area contributed by atoms with Gasteiger partial charge in [-0.2, -0.15) is 0 Å². The molecule has 2 aromatic rings. The van der Waals surface area contributed by atoms with Crippen LogP contribution in [0.25, 0.3) is 11.3 Å². The van der Waals surface area contributed by atoms with Crippen molar-refractivity contribution >= 4 is 5.69 Å². The van der Waals surface area contributed by atoms with Gasteiger partial charge in [-0.05, 0) is 24.5 Å². The Labute approximate surface area is 101 Å². The molecule has 17 heavy (non-hydrogen) atoms. The molecule has 88 valence electrons. The second-order valence-corrected chi connectivity index (χ2v) is 4.35. The molecule has 4 heteroatoms. The van der Waals surface area contributed by atoms with Crippen LogP contribution in [-0.4, -0.2) is 21.5 Å². The molecular weight excluding hydrogens is 212 g/mol. The van der Waals surface area contributed by atoms with Gasteiger partial charge >= 0.3 is 0 Å². The van der Waals surface area contributed by atoms with Crippen molar-refractivity contribution in [3.63, 3.8) is 0 Å². The van der Waals surface area contributed by atoms with Crippen molar-refractivity contribution in [2.24, 2.45) is 0 Å². The maximum Gasteiger partial charge on any atom is 0.0889 e. The minimum absolute atomic E-state index is 0.923. The second-order valence-electron chi connectivity index (χ2n) is 4.35. The third-order valence-corrected chi connectivity index (χ3v) is 3.20. The summed E-state index contributed by atoms with van der Waals surface area (Å²) in [5.41, 5.74) is 5.05. The van der Waals surface area contributed by atoms with Crippen LogP contribution >= 0.6 is 0 Å². The topological polar surface area (TPSA) is 42.7 Å². The van der Waals surface area contributed by atoms with Gasteiger partial charge in [0.05, 0.1) is 11.9 Å². The van der Waals surface area contributed by atoms with Crippen LogP contribution in [0.3, 0.4) is 0 Å². The van der Waals surface area contributed by atoms with Crippen molar-refractivity contribution < 1.29 is 0 Å². The zero-order chi connectivity index (χ0) is 11.7. The van der Waals surface area contributed by atoms with E-state index in [-0.39, 0.29) is 0 Å². The van der Waals surface area contributed by atoms with Crippen molar-refractivity contribution in [3.05, 3.63) is 30.0 Å². The lowest BCUT2D eigenvalue weighted by Crippen LogP contribution is -2.02. The van der Waals surface area contributed by atoms with Gasteiger partial charge in [0, 0.05) is 24.3 Å². The van der Waals surface area contributed by atoms with Gasteiger partial charge in [-0.15, -0.1) is 5.10 Å². The number of hydrogen-bond donors (Lipinski definition) is 1. The number of rotatable bonds is 3. The van der Waals surface area contributed by atoms with Crippen molar-refractivity contribution in [1.82, 2.24) is 15.0 Å². The monoisotopic (exact) mass is 228 g/mol. The Morgan fingerprint density at radius 2 is 2.35 bits per heavy atom. The predicted octanol–water partition coefficient (Wildman–Crippen LogP) is 2.32. The highest BCUT2D eigenvalue weighted by atomic mass is 15.4. The van der Waals surface area contributed by atoms with E-state index in [9.17, 15) is 0 Å². The van der Waals surface area contributed by atoms with Gasteiger partial charge in [0.25, 0.3) is 0 Å². The number of aromatic nitrogens is 3. The molecule has 1 aliphatic rings. The van der Waals surface area contributed by atoms with E-state index in [1.54, 1.807) is 0 Å². The summed E-state index contributed by atoms with van der Waals surface area (Å²) >= 11 is 0. The Balaban J connectivity index is 2.09. The lowest BCUT2D eigenvalue weighted by atomic mass is 10.0. The van der Waals surface area contributed by atoms with Gasteiger partial charge in [0.2, 0.25) is 0 Å². The number of hydrogen-bond acceptors (Lipinski definition) is 3. The molecule has 0 fully saturated rings. The van der Waals surface area contributed by atoms with Gasteiger partial charge in [-0.3, -0.25) is 0 Å². The number of anilines is 1. The van der Waals surface area contributed by atoms with Gasteiger partial charge in [-0.25, -0.2) is 4.68 Å². The number of fused-ring (bicyclic) bond motifs is 1. The van der Waals surface area contributed by atoms with Crippen LogP contribution in [0.5, 0.6) is 0 Å². The first-order chi connectivity index (χ1) is 8.40. The first kappa shape index (κ1) is 10.3. The largest absolute Gasteiger partial charge is 0.384 e. The first-order valence-corrected chi connectivity index (χ1v) is 6.14. The summed E-state index contributed by atoms with van der Waals surface area (Å²) in [5.74, 6) is 0.